The molecule has 2 amide bonds. The summed E-state index contributed by atoms with van der Waals surface area (Å²) in [4.78, 5) is 28.0. The number of amides is 2. The van der Waals surface area contributed by atoms with Crippen molar-refractivity contribution in [2.45, 2.75) is 57.7 Å². The molecular weight excluding hydrogens is 528 g/mol. The fourth-order valence-electron chi connectivity index (χ4n) is 4.19. The van der Waals surface area contributed by atoms with Crippen molar-refractivity contribution < 1.29 is 22.4 Å². The summed E-state index contributed by atoms with van der Waals surface area (Å²) < 4.78 is 39.7. The van der Waals surface area contributed by atoms with Gasteiger partial charge in [-0.25, -0.2) is 12.8 Å². The number of benzene rings is 2. The van der Waals surface area contributed by atoms with Crippen LogP contribution in [0.2, 0.25) is 10.0 Å². The van der Waals surface area contributed by atoms with Gasteiger partial charge in [-0.05, 0) is 55.7 Å². The molecule has 0 bridgehead atoms. The Bertz CT molecular complexity index is 1190. The summed E-state index contributed by atoms with van der Waals surface area (Å²) in [6.07, 6.45) is 5.93. The van der Waals surface area contributed by atoms with Crippen molar-refractivity contribution in [2.24, 2.45) is 0 Å². The van der Waals surface area contributed by atoms with Crippen molar-refractivity contribution in [3.8, 4) is 0 Å². The zero-order valence-electron chi connectivity index (χ0n) is 20.2. The number of nitrogens with zero attached hydrogens (tertiary/aromatic N) is 2. The van der Waals surface area contributed by atoms with Gasteiger partial charge in [-0.3, -0.25) is 13.9 Å². The largest absolute Gasteiger partial charge is 0.352 e. The average Bonchev–Trinajstić information content (AvgIpc) is 2.83. The van der Waals surface area contributed by atoms with Gasteiger partial charge in [0.1, 0.15) is 18.4 Å². The fourth-order valence-corrected chi connectivity index (χ4v) is 5.33. The molecule has 0 aliphatic heterocycles. The Morgan fingerprint density at radius 1 is 1.08 bits per heavy atom. The number of hydrogen-bond acceptors (Lipinski definition) is 4. The number of sulfonamides is 1. The second kappa shape index (κ2) is 12.3. The lowest BCUT2D eigenvalue weighted by Crippen LogP contribution is -2.52. The van der Waals surface area contributed by atoms with Crippen LogP contribution in [0.3, 0.4) is 0 Å². The summed E-state index contributed by atoms with van der Waals surface area (Å²) >= 11 is 11.8. The van der Waals surface area contributed by atoms with E-state index >= 15 is 0 Å². The van der Waals surface area contributed by atoms with Crippen molar-refractivity contribution in [3.63, 3.8) is 0 Å². The highest BCUT2D eigenvalue weighted by atomic mass is 35.5. The van der Waals surface area contributed by atoms with Gasteiger partial charge in [0.15, 0.2) is 0 Å². The first-order chi connectivity index (χ1) is 17.0. The van der Waals surface area contributed by atoms with E-state index in [1.165, 1.54) is 11.0 Å². The summed E-state index contributed by atoms with van der Waals surface area (Å²) in [5, 5.41) is 3.29. The molecule has 0 saturated heterocycles. The van der Waals surface area contributed by atoms with E-state index in [4.69, 9.17) is 23.2 Å². The molecule has 1 atom stereocenters. The van der Waals surface area contributed by atoms with Crippen molar-refractivity contribution in [3.05, 3.63) is 63.9 Å². The minimum Gasteiger partial charge on any atom is -0.352 e. The summed E-state index contributed by atoms with van der Waals surface area (Å²) in [7, 11) is -3.94. The summed E-state index contributed by atoms with van der Waals surface area (Å²) in [5.41, 5.74) is 0.767. The third kappa shape index (κ3) is 7.57. The van der Waals surface area contributed by atoms with E-state index in [1.54, 1.807) is 31.2 Å². The highest BCUT2D eigenvalue weighted by Gasteiger charge is 2.31. The Morgan fingerprint density at radius 2 is 1.72 bits per heavy atom. The van der Waals surface area contributed by atoms with Crippen LogP contribution < -0.4 is 9.62 Å². The highest BCUT2D eigenvalue weighted by Crippen LogP contribution is 2.25. The zero-order chi connectivity index (χ0) is 26.5. The lowest BCUT2D eigenvalue weighted by Gasteiger charge is -2.33. The topological polar surface area (TPSA) is 86.8 Å². The van der Waals surface area contributed by atoms with Crippen LogP contribution in [-0.4, -0.2) is 50.0 Å². The third-order valence-corrected chi connectivity index (χ3v) is 7.94. The predicted molar refractivity (Wildman–Crippen MR) is 140 cm³/mol. The van der Waals surface area contributed by atoms with Gasteiger partial charge in [0.2, 0.25) is 21.8 Å². The Hall–Kier alpha value is -2.36. The standard InChI is InChI=1S/C25H30Cl2FN3O4S/c1-17(25(33)29-20-6-4-3-5-7-20)30(15-18-8-10-19(26)11-9-18)24(32)16-31(36(2,34)35)21-12-13-23(28)22(27)14-21/h8-14,17,20H,3-7,15-16H2,1-2H3,(H,29,33)/t17-/m1/s1. The van der Waals surface area contributed by atoms with Gasteiger partial charge < -0.3 is 10.2 Å². The molecule has 0 spiro atoms. The van der Waals surface area contributed by atoms with Crippen LogP contribution in [0, 0.1) is 5.82 Å². The monoisotopic (exact) mass is 557 g/mol. The van der Waals surface area contributed by atoms with Crippen molar-refractivity contribution in [1.82, 2.24) is 10.2 Å². The lowest BCUT2D eigenvalue weighted by atomic mass is 9.95. The maximum Gasteiger partial charge on any atom is 0.244 e. The summed E-state index contributed by atoms with van der Waals surface area (Å²) in [6, 6.07) is 9.43. The lowest BCUT2D eigenvalue weighted by molar-refractivity contribution is -0.139. The molecule has 1 N–H and O–H groups in total. The molecule has 0 heterocycles. The highest BCUT2D eigenvalue weighted by molar-refractivity contribution is 7.92. The van der Waals surface area contributed by atoms with Crippen molar-refractivity contribution in [1.29, 1.82) is 0 Å². The van der Waals surface area contributed by atoms with Gasteiger partial charge in [-0.2, -0.15) is 0 Å². The number of hydrogen-bond donors (Lipinski definition) is 1. The second-order valence-electron chi connectivity index (χ2n) is 9.04. The van der Waals surface area contributed by atoms with E-state index in [2.05, 4.69) is 5.32 Å². The number of halogens is 3. The summed E-state index contributed by atoms with van der Waals surface area (Å²) in [6.45, 7) is 1.10. The molecule has 3 rings (SSSR count). The maximum absolute atomic E-state index is 13.7. The van der Waals surface area contributed by atoms with Crippen LogP contribution in [0.1, 0.15) is 44.6 Å². The molecule has 11 heteroatoms. The van der Waals surface area contributed by atoms with Gasteiger partial charge in [0.25, 0.3) is 0 Å². The van der Waals surface area contributed by atoms with Gasteiger partial charge in [0, 0.05) is 17.6 Å². The van der Waals surface area contributed by atoms with Crippen LogP contribution in [0.15, 0.2) is 42.5 Å². The molecule has 0 radical (unpaired) electrons. The molecule has 36 heavy (non-hydrogen) atoms. The number of anilines is 1. The van der Waals surface area contributed by atoms with Crippen LogP contribution in [0.25, 0.3) is 0 Å². The van der Waals surface area contributed by atoms with Gasteiger partial charge in [0.05, 0.1) is 17.0 Å². The van der Waals surface area contributed by atoms with E-state index in [1.807, 2.05) is 0 Å². The maximum atomic E-state index is 13.7. The molecule has 2 aromatic carbocycles. The number of carbonyl (C=O) groups excluding carboxylic acids is 2. The normalized spacial score (nSPS) is 15.2. The molecule has 7 nitrogen and oxygen atoms in total. The zero-order valence-corrected chi connectivity index (χ0v) is 22.5. The molecular formula is C25H30Cl2FN3O4S. The number of rotatable bonds is 9. The van der Waals surface area contributed by atoms with E-state index in [0.29, 0.717) is 5.02 Å². The molecule has 0 unspecified atom stereocenters. The second-order valence-corrected chi connectivity index (χ2v) is 11.8. The van der Waals surface area contributed by atoms with E-state index in [9.17, 15) is 22.4 Å². The third-order valence-electron chi connectivity index (χ3n) is 6.26. The van der Waals surface area contributed by atoms with Gasteiger partial charge >= 0.3 is 0 Å². The smallest absolute Gasteiger partial charge is 0.244 e. The quantitative estimate of drug-likeness (QED) is 0.481. The summed E-state index contributed by atoms with van der Waals surface area (Å²) in [5.74, 6) is -1.61. The molecule has 1 saturated carbocycles. The van der Waals surface area contributed by atoms with Gasteiger partial charge in [-0.1, -0.05) is 54.6 Å². The minimum atomic E-state index is -3.94. The first-order valence-electron chi connectivity index (χ1n) is 11.7. The van der Waals surface area contributed by atoms with Crippen LogP contribution in [-0.2, 0) is 26.2 Å². The average molecular weight is 559 g/mol. The predicted octanol–water partition coefficient (Wildman–Crippen LogP) is 4.76. The Balaban J connectivity index is 1.87. The number of carbonyl (C=O) groups is 2. The van der Waals surface area contributed by atoms with Crippen LogP contribution in [0.4, 0.5) is 10.1 Å². The molecule has 196 valence electrons. The molecule has 1 aliphatic rings. The van der Waals surface area contributed by atoms with E-state index in [0.717, 1.165) is 60.4 Å². The van der Waals surface area contributed by atoms with Crippen molar-refractivity contribution in [2.75, 3.05) is 17.1 Å². The Kier molecular flexibility index (Phi) is 9.60. The fraction of sp³-hybridized carbons (Fsp3) is 0.440. The van der Waals surface area contributed by atoms with Crippen LogP contribution >= 0.6 is 23.2 Å². The van der Waals surface area contributed by atoms with E-state index in [-0.39, 0.29) is 29.2 Å². The van der Waals surface area contributed by atoms with Crippen LogP contribution in [0.5, 0.6) is 0 Å². The van der Waals surface area contributed by atoms with E-state index < -0.39 is 34.3 Å². The first kappa shape index (κ1) is 28.2. The minimum absolute atomic E-state index is 0.0444. The molecule has 2 aromatic rings. The molecule has 0 aromatic heterocycles. The first-order valence-corrected chi connectivity index (χ1v) is 14.3. The molecule has 1 aliphatic carbocycles. The number of nitrogens with one attached hydrogen (secondary N) is 1. The Morgan fingerprint density at radius 3 is 2.31 bits per heavy atom. The van der Waals surface area contributed by atoms with Crippen molar-refractivity contribution >= 4 is 50.7 Å². The Labute approximate surface area is 221 Å². The van der Waals surface area contributed by atoms with Gasteiger partial charge in [-0.15, -0.1) is 0 Å². The SMILES string of the molecule is C[C@H](C(=O)NC1CCCCC1)N(Cc1ccc(Cl)cc1)C(=O)CN(c1ccc(F)c(Cl)c1)S(C)(=O)=O. The molecule has 1 fully saturated rings.